The maximum absolute atomic E-state index is 14.2. The van der Waals surface area contributed by atoms with Crippen LogP contribution in [0.3, 0.4) is 0 Å². The lowest BCUT2D eigenvalue weighted by atomic mass is 10.00. The van der Waals surface area contributed by atoms with E-state index in [9.17, 15) is 14.0 Å². The number of methoxy groups -OCH3 is 1. The van der Waals surface area contributed by atoms with E-state index in [0.717, 1.165) is 6.07 Å². The van der Waals surface area contributed by atoms with Crippen LogP contribution in [0.25, 0.3) is 11.1 Å². The minimum absolute atomic E-state index is 0.162. The Kier molecular flexibility index (Phi) is 4.41. The van der Waals surface area contributed by atoms with Crippen LogP contribution >= 0.6 is 0 Å². The topological polar surface area (TPSA) is 81.4 Å². The second-order valence-electron chi connectivity index (χ2n) is 4.55. The van der Waals surface area contributed by atoms with Crippen LogP contribution in [0.1, 0.15) is 20.7 Å². The number of halogens is 1. The molecule has 0 atom stereocenters. The number of nitrogens with one attached hydrogen (secondary N) is 1. The first-order valence-corrected chi connectivity index (χ1v) is 6.47. The zero-order valence-electron chi connectivity index (χ0n) is 12.1. The third-order valence-electron chi connectivity index (χ3n) is 3.23. The van der Waals surface area contributed by atoms with Crippen LogP contribution in [-0.4, -0.2) is 26.0 Å². The molecule has 0 spiro atoms. The van der Waals surface area contributed by atoms with Crippen molar-refractivity contribution in [3.05, 3.63) is 53.3 Å². The molecular formula is C16H15FN2O3. The molecule has 114 valence electrons. The maximum atomic E-state index is 14.2. The van der Waals surface area contributed by atoms with E-state index in [4.69, 9.17) is 10.5 Å². The predicted molar refractivity (Wildman–Crippen MR) is 80.3 cm³/mol. The van der Waals surface area contributed by atoms with E-state index < -0.39 is 11.7 Å². The summed E-state index contributed by atoms with van der Waals surface area (Å²) in [7, 11) is 2.89. The van der Waals surface area contributed by atoms with Gasteiger partial charge in [0.1, 0.15) is 11.6 Å². The highest BCUT2D eigenvalue weighted by molar-refractivity contribution is 5.97. The van der Waals surface area contributed by atoms with E-state index >= 15 is 0 Å². The van der Waals surface area contributed by atoms with Gasteiger partial charge in [0.05, 0.1) is 12.7 Å². The largest absolute Gasteiger partial charge is 0.496 e. The number of hydrogen-bond donors (Lipinski definition) is 2. The standard InChI is InChI=1S/C16H15FN2O3/c1-19-16(21)10-3-5-11(13(17)8-10)9-4-6-14(22-2)12(7-9)15(18)20/h3-8H,1-2H3,(H2,18,20)(H,19,21). The Labute approximate surface area is 126 Å². The molecule has 0 aliphatic carbocycles. The highest BCUT2D eigenvalue weighted by Crippen LogP contribution is 2.28. The second-order valence-corrected chi connectivity index (χ2v) is 4.55. The number of primary amides is 1. The summed E-state index contributed by atoms with van der Waals surface area (Å²) >= 11 is 0. The number of carbonyl (C=O) groups excluding carboxylic acids is 2. The summed E-state index contributed by atoms with van der Waals surface area (Å²) in [6, 6.07) is 8.74. The molecule has 2 aromatic rings. The van der Waals surface area contributed by atoms with Gasteiger partial charge in [0.25, 0.3) is 11.8 Å². The van der Waals surface area contributed by atoms with Gasteiger partial charge >= 0.3 is 0 Å². The molecule has 2 rings (SSSR count). The Balaban J connectivity index is 2.50. The average molecular weight is 302 g/mol. The molecule has 22 heavy (non-hydrogen) atoms. The zero-order chi connectivity index (χ0) is 16.3. The lowest BCUT2D eigenvalue weighted by molar-refractivity contribution is 0.0961. The Morgan fingerprint density at radius 1 is 1.18 bits per heavy atom. The molecule has 0 bridgehead atoms. The van der Waals surface area contributed by atoms with Crippen LogP contribution in [-0.2, 0) is 0 Å². The molecule has 0 unspecified atom stereocenters. The summed E-state index contributed by atoms with van der Waals surface area (Å²) < 4.78 is 19.3. The third-order valence-corrected chi connectivity index (χ3v) is 3.23. The summed E-state index contributed by atoms with van der Waals surface area (Å²) in [4.78, 5) is 22.9. The first-order valence-electron chi connectivity index (χ1n) is 6.47. The van der Waals surface area contributed by atoms with E-state index in [0.29, 0.717) is 11.3 Å². The molecule has 3 N–H and O–H groups in total. The molecule has 0 aromatic heterocycles. The molecule has 5 nitrogen and oxygen atoms in total. The van der Waals surface area contributed by atoms with Gasteiger partial charge in [-0.15, -0.1) is 0 Å². The molecule has 0 fully saturated rings. The molecule has 0 aliphatic heterocycles. The van der Waals surface area contributed by atoms with Gasteiger partial charge in [0.15, 0.2) is 0 Å². The van der Waals surface area contributed by atoms with Crippen LogP contribution < -0.4 is 15.8 Å². The number of rotatable bonds is 4. The van der Waals surface area contributed by atoms with Crippen LogP contribution in [0.5, 0.6) is 5.75 Å². The first kappa shape index (κ1) is 15.5. The van der Waals surface area contributed by atoms with E-state index in [-0.39, 0.29) is 22.6 Å². The number of hydrogen-bond acceptors (Lipinski definition) is 3. The van der Waals surface area contributed by atoms with Gasteiger partial charge in [-0.1, -0.05) is 12.1 Å². The van der Waals surface area contributed by atoms with Crippen molar-refractivity contribution in [1.29, 1.82) is 0 Å². The second kappa shape index (κ2) is 6.26. The Bertz CT molecular complexity index is 744. The van der Waals surface area contributed by atoms with Gasteiger partial charge < -0.3 is 15.8 Å². The van der Waals surface area contributed by atoms with Crippen LogP contribution in [0, 0.1) is 5.82 Å². The van der Waals surface area contributed by atoms with Crippen molar-refractivity contribution in [2.24, 2.45) is 5.73 Å². The SMILES string of the molecule is CNC(=O)c1ccc(-c2ccc(OC)c(C(N)=O)c2)c(F)c1. The van der Waals surface area contributed by atoms with Crippen LogP contribution in [0.15, 0.2) is 36.4 Å². The van der Waals surface area contributed by atoms with Gasteiger partial charge in [0, 0.05) is 18.2 Å². The van der Waals surface area contributed by atoms with E-state index in [1.54, 1.807) is 12.1 Å². The van der Waals surface area contributed by atoms with Crippen molar-refractivity contribution in [3.63, 3.8) is 0 Å². The monoisotopic (exact) mass is 302 g/mol. The van der Waals surface area contributed by atoms with E-state index in [1.165, 1.54) is 32.4 Å². The van der Waals surface area contributed by atoms with E-state index in [2.05, 4.69) is 5.32 Å². The number of amides is 2. The van der Waals surface area contributed by atoms with Crippen molar-refractivity contribution >= 4 is 11.8 Å². The zero-order valence-corrected chi connectivity index (χ0v) is 12.1. The van der Waals surface area contributed by atoms with Gasteiger partial charge in [-0.3, -0.25) is 9.59 Å². The fraction of sp³-hybridized carbons (Fsp3) is 0.125. The van der Waals surface area contributed by atoms with Crippen molar-refractivity contribution in [2.45, 2.75) is 0 Å². The molecule has 2 aromatic carbocycles. The van der Waals surface area contributed by atoms with Gasteiger partial charge in [-0.05, 0) is 29.8 Å². The predicted octanol–water partition coefficient (Wildman–Crippen LogP) is 1.96. The van der Waals surface area contributed by atoms with Crippen molar-refractivity contribution in [3.8, 4) is 16.9 Å². The minimum atomic E-state index is -0.666. The highest BCUT2D eigenvalue weighted by atomic mass is 19.1. The quantitative estimate of drug-likeness (QED) is 0.906. The number of nitrogens with two attached hydrogens (primary N) is 1. The third kappa shape index (κ3) is 2.90. The molecule has 6 heteroatoms. The summed E-state index contributed by atoms with van der Waals surface area (Å²) in [6.07, 6.45) is 0. The summed E-state index contributed by atoms with van der Waals surface area (Å²) in [5.74, 6) is -1.29. The molecule has 0 radical (unpaired) electrons. The van der Waals surface area contributed by atoms with Gasteiger partial charge in [-0.25, -0.2) is 4.39 Å². The molecule has 0 aliphatic rings. The molecule has 0 saturated heterocycles. The molecule has 2 amide bonds. The Morgan fingerprint density at radius 3 is 2.45 bits per heavy atom. The molecule has 0 heterocycles. The molecule has 0 saturated carbocycles. The van der Waals surface area contributed by atoms with Crippen LogP contribution in [0.2, 0.25) is 0 Å². The summed E-state index contributed by atoms with van der Waals surface area (Å²) in [6.45, 7) is 0. The van der Waals surface area contributed by atoms with Crippen molar-refractivity contribution in [2.75, 3.05) is 14.2 Å². The highest BCUT2D eigenvalue weighted by Gasteiger charge is 2.14. The molecular weight excluding hydrogens is 287 g/mol. The number of benzene rings is 2. The van der Waals surface area contributed by atoms with E-state index in [1.807, 2.05) is 0 Å². The van der Waals surface area contributed by atoms with Crippen molar-refractivity contribution in [1.82, 2.24) is 5.32 Å². The number of ether oxygens (including phenoxy) is 1. The maximum Gasteiger partial charge on any atom is 0.252 e. The summed E-state index contributed by atoms with van der Waals surface area (Å²) in [5.41, 5.74) is 6.40. The Hall–Kier alpha value is -2.89. The fourth-order valence-corrected chi connectivity index (χ4v) is 2.10. The minimum Gasteiger partial charge on any atom is -0.496 e. The Morgan fingerprint density at radius 2 is 1.91 bits per heavy atom. The smallest absolute Gasteiger partial charge is 0.252 e. The lowest BCUT2D eigenvalue weighted by Crippen LogP contribution is -2.17. The summed E-state index contributed by atoms with van der Waals surface area (Å²) in [5, 5.41) is 2.42. The van der Waals surface area contributed by atoms with Gasteiger partial charge in [0.2, 0.25) is 0 Å². The lowest BCUT2D eigenvalue weighted by Gasteiger charge is -2.10. The van der Waals surface area contributed by atoms with Gasteiger partial charge in [-0.2, -0.15) is 0 Å². The first-order chi connectivity index (χ1) is 10.5. The van der Waals surface area contributed by atoms with Crippen LogP contribution in [0.4, 0.5) is 4.39 Å². The number of carbonyl (C=O) groups is 2. The van der Waals surface area contributed by atoms with Crippen molar-refractivity contribution < 1.29 is 18.7 Å². The fourth-order valence-electron chi connectivity index (χ4n) is 2.10. The average Bonchev–Trinajstić information content (AvgIpc) is 2.53. The normalized spacial score (nSPS) is 10.1.